The number of carbonyl (C=O) groups excluding carboxylic acids is 8. The lowest BCUT2D eigenvalue weighted by atomic mass is 9.43. The second-order valence-corrected chi connectivity index (χ2v) is 51.0. The van der Waals surface area contributed by atoms with Gasteiger partial charge in [-0.1, -0.05) is 354 Å². The van der Waals surface area contributed by atoms with Crippen molar-refractivity contribution in [3.05, 3.63) is 119 Å². The Hall–Kier alpha value is -6.57. The summed E-state index contributed by atoms with van der Waals surface area (Å²) in [7, 11) is 0. The molecule has 3 aromatic rings. The number of carboxylic acids is 1. The number of ketones is 1. The van der Waals surface area contributed by atoms with E-state index in [1.807, 2.05) is 13.8 Å². The molecule has 3 unspecified atom stereocenters. The van der Waals surface area contributed by atoms with Crippen LogP contribution in [-0.2, 0) is 76.2 Å². The first-order valence-electron chi connectivity index (χ1n) is 52.4. The lowest BCUT2D eigenvalue weighted by Gasteiger charge is -2.67. The largest absolute Gasteiger partial charge is 0.480 e. The van der Waals surface area contributed by atoms with Gasteiger partial charge in [-0.15, -0.1) is 35.3 Å². The normalized spacial score (nSPS) is 21.1. The van der Waals surface area contributed by atoms with E-state index in [1.165, 1.54) is 235 Å². The fourth-order valence-corrected chi connectivity index (χ4v) is 28.2. The molecule has 1 aliphatic heterocycles. The highest BCUT2D eigenvalue weighted by atomic mass is 32.2. The number of aliphatic hydroxyl groups is 3. The molecule has 35 heteroatoms. The summed E-state index contributed by atoms with van der Waals surface area (Å²) < 4.78 is 52.0. The van der Waals surface area contributed by atoms with E-state index in [4.69, 9.17) is 84.8 Å². The Balaban J connectivity index is 0.000000544. The molecular weight excluding hydrogens is 2030 g/mol. The summed E-state index contributed by atoms with van der Waals surface area (Å²) in [5.74, 6) is -7.44. The minimum Gasteiger partial charge on any atom is -0.480 e. The second-order valence-electron chi connectivity index (χ2n) is 39.6. The van der Waals surface area contributed by atoms with Gasteiger partial charge in [0.1, 0.15) is 87.0 Å². The highest BCUT2D eigenvalue weighted by Crippen LogP contribution is 2.65. The van der Waals surface area contributed by atoms with Gasteiger partial charge in [0.15, 0.2) is 5.60 Å². The predicted octanol–water partition coefficient (Wildman–Crippen LogP) is 24.4. The molecule has 2 bridgehead atoms. The summed E-state index contributed by atoms with van der Waals surface area (Å²) in [4.78, 5) is 122. The molecule has 2 saturated carbocycles. The molecule has 1 amide bonds. The van der Waals surface area contributed by atoms with Crippen LogP contribution in [0, 0.1) is 56.7 Å². The average Bonchev–Trinajstić information content (AvgIpc) is 0.667. The number of esters is 6. The molecule has 14 atom stereocenters. The molecule has 7 rings (SSSR count). The number of carboxylic acid groups (broad SMARTS) is 1. The number of thioether (sulfide) groups is 6. The Kier molecular flexibility index (Phi) is 62.2. The van der Waals surface area contributed by atoms with Crippen LogP contribution in [0.3, 0.4) is 0 Å². The van der Waals surface area contributed by atoms with Crippen LogP contribution >= 0.6 is 107 Å². The van der Waals surface area contributed by atoms with Gasteiger partial charge in [0.05, 0.1) is 61.0 Å². The van der Waals surface area contributed by atoms with E-state index in [1.54, 1.807) is 149 Å². The lowest BCUT2D eigenvalue weighted by Crippen LogP contribution is -2.81. The number of nitriles is 3. The standard InChI is InChI=1S/C69H88N2O16S3.C23H39NO5S3.C19H35NOS3/c1-9-10-11-12-13-14-15-16-17-27-37-89-64(88)90-66(7,42-70)35-28-36-82-53(74)40-81-41-54(75)85-57(56(47-29-21-18-22-30-47)71-61(77)48-31-23-19-24-32-48)63(79)84-50-39-69(80)60(86-62(78)49-33-25-20-26-34-49)58-67(8,59(76)45(3)55(44(50)2)65(69,5)6)51(73)38-52-68(58,43-83-52)87-46(4)72;1-3-4-5-6-7-8-9-10-11-12-16-31-22(30)32-23(2,19-24)14-13-15-29-21(27)18-28-17-20(25)26;1-3-4-5-6-7-8-9-10-11-12-16-23-18(22)24-19(2,17-20)14-13-15-21/h18-26,29-34,45,50-52,56-58,60,73,80H,9-17,27-28,35-41,43H2,1-8H3,(H,71,77);3-18H2,1-2H3,(H,25,26);21H,3-16H2,1-2H3/t45-,50-,51+,52-,56+,57+,58-,60-,66?,67-,68-,69-;;/m1../s1. The van der Waals surface area contributed by atoms with Crippen molar-refractivity contribution in [2.75, 3.05) is 70.1 Å². The molecule has 3 fully saturated rings. The Bertz CT molecular complexity index is 4700. The fraction of sp³-hybridized carbons (Fsp3) is 0.685. The maximum Gasteiger partial charge on any atom is 0.350 e. The number of nitrogens with one attached hydrogen (secondary N) is 1. The first-order valence-corrected chi connectivity index (χ1v) is 59.0. The minimum atomic E-state index is -2.33. The summed E-state index contributed by atoms with van der Waals surface area (Å²) in [5.41, 5.74) is -6.19. The van der Waals surface area contributed by atoms with Crippen molar-refractivity contribution in [3.8, 4) is 18.2 Å². The van der Waals surface area contributed by atoms with Gasteiger partial charge >= 0.3 is 41.8 Å². The number of unbranched alkanes of at least 4 members (excludes halogenated alkanes) is 27. The number of amides is 1. The first kappa shape index (κ1) is 130. The number of hydrogen-bond acceptors (Lipinski definition) is 33. The monoisotopic (exact) mass is 2190 g/mol. The van der Waals surface area contributed by atoms with Gasteiger partial charge in [0.2, 0.25) is 6.10 Å². The Morgan fingerprint density at radius 1 is 0.548 bits per heavy atom. The van der Waals surface area contributed by atoms with Crippen LogP contribution in [0.25, 0.3) is 0 Å². The quantitative estimate of drug-likeness (QED) is 0.0115. The fourth-order valence-electron chi connectivity index (χ4n) is 19.1. The van der Waals surface area contributed by atoms with Crippen LogP contribution < -0.4 is 5.32 Å². The Morgan fingerprint density at radius 2 is 0.938 bits per heavy atom. The van der Waals surface area contributed by atoms with E-state index < -0.39 is 171 Å². The first-order chi connectivity index (χ1) is 69.8. The van der Waals surface area contributed by atoms with Crippen LogP contribution in [0.15, 0.2) is 102 Å². The molecule has 4 aliphatic rings. The predicted molar refractivity (Wildman–Crippen MR) is 597 cm³/mol. The number of aliphatic carboxylic acids is 1. The zero-order chi connectivity index (χ0) is 108. The third-order valence-corrected chi connectivity index (χ3v) is 35.9. The van der Waals surface area contributed by atoms with Crippen LogP contribution in [0.1, 0.15) is 359 Å². The highest BCUT2D eigenvalue weighted by Gasteiger charge is 2.78. The van der Waals surface area contributed by atoms with Crippen LogP contribution in [-0.4, -0.2) is 211 Å². The molecule has 1 heterocycles. The van der Waals surface area contributed by atoms with Gasteiger partial charge in [-0.25, -0.2) is 28.8 Å². The number of benzene rings is 3. The SMILES string of the molecule is CCCCCCCCCCCCSC(=S)SC(C)(C#N)CCCO.CCCCCCCCCCCCSC(=S)SC(C)(C#N)CCCOC(=O)COCC(=O)O.CCCCCCCCCCCCSC(=S)SC(C)(C#N)CCCOC(=O)COCC(=O)O[C@H](C(=O)O[C@@H]1C[C@@]2(O)[C@H](OC(=O)c3ccccc3)[C@H]3[C@@]4(OC(C)=O)CO[C@@H]4C[C@H](O)[C@@]3(C)C(=O)[C@H](C)C(=C1C)C2(C)C)[C@@H](NC(=O)c1ccccc1)c1ccccc1. The van der Waals surface area contributed by atoms with Crippen LogP contribution in [0.2, 0.25) is 0 Å². The van der Waals surface area contributed by atoms with Crippen molar-refractivity contribution in [2.45, 2.75) is 389 Å². The van der Waals surface area contributed by atoms with E-state index in [0.717, 1.165) is 43.6 Å². The molecule has 26 nitrogen and oxygen atoms in total. The minimum absolute atomic E-state index is 0.0487. The number of ether oxygens (including phenoxy) is 9. The third kappa shape index (κ3) is 44.3. The number of nitrogens with zero attached hydrogens (tertiary/aromatic N) is 3. The molecule has 0 aromatic heterocycles. The summed E-state index contributed by atoms with van der Waals surface area (Å²) in [6.45, 7) is 19.1. The van der Waals surface area contributed by atoms with Gasteiger partial charge < -0.3 is 68.4 Å². The summed E-state index contributed by atoms with van der Waals surface area (Å²) in [6.07, 6.45) is 33.8. The zero-order valence-electron chi connectivity index (χ0n) is 88.1. The van der Waals surface area contributed by atoms with Crippen molar-refractivity contribution in [1.29, 1.82) is 15.8 Å². The smallest absolute Gasteiger partial charge is 0.350 e. The van der Waals surface area contributed by atoms with Gasteiger partial charge in [-0.3, -0.25) is 14.4 Å². The van der Waals surface area contributed by atoms with Crippen LogP contribution in [0.5, 0.6) is 0 Å². The maximum absolute atomic E-state index is 15.6. The Morgan fingerprint density at radius 3 is 1.33 bits per heavy atom. The molecular formula is C111H162N4O22S9. The molecule has 0 spiro atoms. The van der Waals surface area contributed by atoms with Gasteiger partial charge in [-0.05, 0) is 151 Å². The molecule has 1 saturated heterocycles. The van der Waals surface area contributed by atoms with Gasteiger partial charge in [-0.2, -0.15) is 15.8 Å². The average molecular weight is 2190 g/mol. The number of rotatable bonds is 65. The molecule has 3 aliphatic carbocycles. The number of Topliss-reactive ketones (excluding diaryl/α,β-unsaturated/α-hetero) is 1. The van der Waals surface area contributed by atoms with Crippen molar-refractivity contribution < 1.29 is 106 Å². The van der Waals surface area contributed by atoms with Crippen molar-refractivity contribution in [3.63, 3.8) is 0 Å². The van der Waals surface area contributed by atoms with Crippen LogP contribution in [0.4, 0.5) is 0 Å². The maximum atomic E-state index is 15.6. The zero-order valence-corrected chi connectivity index (χ0v) is 95.4. The molecule has 3 aromatic carbocycles. The third-order valence-electron chi connectivity index (χ3n) is 27.4. The lowest BCUT2D eigenvalue weighted by molar-refractivity contribution is -0.345. The highest BCUT2D eigenvalue weighted by molar-refractivity contribution is 8.48. The topological polar surface area (TPSA) is 401 Å². The number of thiocarbonyl (C=S) groups is 3. The van der Waals surface area contributed by atoms with Crippen molar-refractivity contribution in [2.24, 2.45) is 22.7 Å². The van der Waals surface area contributed by atoms with E-state index in [2.05, 4.69) is 49.0 Å². The number of aliphatic hydroxyl groups excluding tert-OH is 2. The summed E-state index contributed by atoms with van der Waals surface area (Å²) in [6, 6.07) is 29.8. The Labute approximate surface area is 910 Å². The molecule has 146 heavy (non-hydrogen) atoms. The van der Waals surface area contributed by atoms with E-state index in [0.29, 0.717) is 58.8 Å². The van der Waals surface area contributed by atoms with E-state index in [-0.39, 0.29) is 44.0 Å². The summed E-state index contributed by atoms with van der Waals surface area (Å²) >= 11 is 25.7. The summed E-state index contributed by atoms with van der Waals surface area (Å²) in [5, 5.41) is 75.4. The number of carbonyl (C=O) groups is 9. The van der Waals surface area contributed by atoms with E-state index >= 15 is 9.59 Å². The van der Waals surface area contributed by atoms with Gasteiger partial charge in [0.25, 0.3) is 5.91 Å². The molecule has 0 radical (unpaired) electrons. The van der Waals surface area contributed by atoms with E-state index in [9.17, 15) is 59.6 Å². The molecule has 5 N–H and O–H groups in total. The van der Waals surface area contributed by atoms with Gasteiger partial charge in [0, 0.05) is 43.3 Å². The number of hydrogen-bond donors (Lipinski definition) is 5. The number of fused-ring (bicyclic) bond motifs is 5. The van der Waals surface area contributed by atoms with Crippen molar-refractivity contribution in [1.82, 2.24) is 5.32 Å². The molecule has 812 valence electrons. The second kappa shape index (κ2) is 69.9. The van der Waals surface area contributed by atoms with Crippen molar-refractivity contribution >= 4 is 171 Å².